The van der Waals surface area contributed by atoms with Crippen LogP contribution in [-0.2, 0) is 11.3 Å². The highest BCUT2D eigenvalue weighted by molar-refractivity contribution is 5.90. The largest absolute Gasteiger partial charge is 0.486 e. The topological polar surface area (TPSA) is 143 Å². The zero-order chi connectivity index (χ0) is 21.7. The van der Waals surface area contributed by atoms with Gasteiger partial charge in [0.05, 0.1) is 18.1 Å². The normalized spacial score (nSPS) is 14.7. The summed E-state index contributed by atoms with van der Waals surface area (Å²) in [6, 6.07) is 3.70. The van der Waals surface area contributed by atoms with Gasteiger partial charge in [-0.05, 0) is 36.8 Å². The summed E-state index contributed by atoms with van der Waals surface area (Å²) in [5.74, 6) is -1.53. The minimum Gasteiger partial charge on any atom is -0.486 e. The smallest absolute Gasteiger partial charge is 0.415 e. The number of carbonyl (C=O) groups is 1. The van der Waals surface area contributed by atoms with Crippen LogP contribution in [0.25, 0.3) is 0 Å². The number of nitrogen functional groups attached to an aromatic ring is 1. The van der Waals surface area contributed by atoms with Crippen LogP contribution in [0.3, 0.4) is 0 Å². The second-order valence-electron chi connectivity index (χ2n) is 5.96. The maximum Gasteiger partial charge on any atom is 0.415 e. The van der Waals surface area contributed by atoms with Gasteiger partial charge in [-0.25, -0.2) is 9.18 Å². The molecule has 30 heavy (non-hydrogen) atoms. The molecule has 1 amide bonds. The summed E-state index contributed by atoms with van der Waals surface area (Å²) in [6.45, 7) is 1.41. The van der Waals surface area contributed by atoms with E-state index in [0.29, 0.717) is 5.56 Å². The number of amides is 1. The number of nitrogens with zero attached hydrogens (tertiary/aromatic N) is 4. The molecule has 0 saturated heterocycles. The van der Waals surface area contributed by atoms with Crippen molar-refractivity contribution >= 4 is 23.4 Å². The summed E-state index contributed by atoms with van der Waals surface area (Å²) >= 11 is 0. The molecule has 3 rings (SSSR count). The molecule has 1 aromatic heterocycles. The zero-order valence-electron chi connectivity index (χ0n) is 15.9. The lowest BCUT2D eigenvalue weighted by Gasteiger charge is -2.22. The van der Waals surface area contributed by atoms with Crippen molar-refractivity contribution < 1.29 is 28.3 Å². The molecule has 1 aliphatic rings. The van der Waals surface area contributed by atoms with Crippen molar-refractivity contribution in [1.29, 1.82) is 0 Å². The first-order valence-electron chi connectivity index (χ1n) is 8.86. The average Bonchev–Trinajstić information content (AvgIpc) is 2.69. The van der Waals surface area contributed by atoms with Gasteiger partial charge in [-0.3, -0.25) is 15.0 Å². The van der Waals surface area contributed by atoms with Gasteiger partial charge in [0.1, 0.15) is 13.2 Å². The molecule has 0 radical (unpaired) electrons. The monoisotopic (exact) mass is 419 g/mol. The molecule has 2 aromatic rings. The molecule has 0 spiro atoms. The maximum atomic E-state index is 14.0. The van der Waals surface area contributed by atoms with Gasteiger partial charge < -0.3 is 19.9 Å². The Kier molecular flexibility index (Phi) is 6.25. The molecule has 1 aliphatic heterocycles. The molecule has 4 bridgehead atoms. The van der Waals surface area contributed by atoms with Gasteiger partial charge >= 0.3 is 17.8 Å². The van der Waals surface area contributed by atoms with E-state index in [1.807, 2.05) is 0 Å². The Morgan fingerprint density at radius 1 is 1.33 bits per heavy atom. The molecule has 0 unspecified atom stereocenters. The summed E-state index contributed by atoms with van der Waals surface area (Å²) in [7, 11) is 0. The van der Waals surface area contributed by atoms with E-state index in [4.69, 9.17) is 19.9 Å². The van der Waals surface area contributed by atoms with E-state index in [0.717, 1.165) is 4.90 Å². The SMILES string of the molecule is CCOC(=O)N1Cc2ccc(F)c(c2)OC/C=C/COc2nc(N)c([N+](=O)[O-])c1n2. The van der Waals surface area contributed by atoms with Crippen molar-refractivity contribution in [3.63, 3.8) is 0 Å². The summed E-state index contributed by atoms with van der Waals surface area (Å²) in [5, 5.41) is 11.6. The number of nitrogens with two attached hydrogens (primary N) is 1. The fourth-order valence-corrected chi connectivity index (χ4v) is 2.63. The van der Waals surface area contributed by atoms with Crippen LogP contribution in [0.4, 0.5) is 26.5 Å². The van der Waals surface area contributed by atoms with Crippen LogP contribution in [0.2, 0.25) is 0 Å². The third-order valence-electron chi connectivity index (χ3n) is 3.95. The van der Waals surface area contributed by atoms with Gasteiger partial charge in [0.15, 0.2) is 11.6 Å². The third-order valence-corrected chi connectivity index (χ3v) is 3.95. The number of ether oxygens (including phenoxy) is 3. The predicted molar refractivity (Wildman–Crippen MR) is 103 cm³/mol. The fourth-order valence-electron chi connectivity index (χ4n) is 2.63. The Morgan fingerprint density at radius 3 is 2.77 bits per heavy atom. The minimum absolute atomic E-state index is 0.00955. The molecule has 12 heteroatoms. The second-order valence-corrected chi connectivity index (χ2v) is 5.96. The lowest BCUT2D eigenvalue weighted by molar-refractivity contribution is -0.383. The van der Waals surface area contributed by atoms with Crippen LogP contribution in [0.1, 0.15) is 12.5 Å². The van der Waals surface area contributed by atoms with Crippen LogP contribution in [0.15, 0.2) is 30.4 Å². The Bertz CT molecular complexity index is 999. The van der Waals surface area contributed by atoms with Crippen molar-refractivity contribution in [2.24, 2.45) is 0 Å². The highest BCUT2D eigenvalue weighted by atomic mass is 19.1. The molecule has 11 nitrogen and oxygen atoms in total. The summed E-state index contributed by atoms with van der Waals surface area (Å²) in [5.41, 5.74) is 5.48. The molecular weight excluding hydrogens is 401 g/mol. The van der Waals surface area contributed by atoms with Crippen molar-refractivity contribution in [3.05, 3.63) is 51.8 Å². The number of carbonyl (C=O) groups excluding carboxylic acids is 1. The van der Waals surface area contributed by atoms with Crippen LogP contribution in [-0.4, -0.2) is 40.8 Å². The highest BCUT2D eigenvalue weighted by Crippen LogP contribution is 2.34. The van der Waals surface area contributed by atoms with Gasteiger partial charge in [-0.15, -0.1) is 0 Å². The summed E-state index contributed by atoms with van der Waals surface area (Å²) in [6.07, 6.45) is 2.25. The lowest BCUT2D eigenvalue weighted by Crippen LogP contribution is -2.33. The first-order valence-corrected chi connectivity index (χ1v) is 8.86. The molecule has 0 atom stereocenters. The number of anilines is 2. The second kappa shape index (κ2) is 9.03. The Hall–Kier alpha value is -3.96. The number of hydrogen-bond donors (Lipinski definition) is 1. The van der Waals surface area contributed by atoms with Crippen LogP contribution < -0.4 is 20.1 Å². The molecular formula is C18H18FN5O6. The van der Waals surface area contributed by atoms with E-state index in [2.05, 4.69) is 9.97 Å². The number of fused-ring (bicyclic) bond motifs is 4. The lowest BCUT2D eigenvalue weighted by atomic mass is 10.2. The molecule has 2 heterocycles. The van der Waals surface area contributed by atoms with Crippen molar-refractivity contribution in [1.82, 2.24) is 9.97 Å². The van der Waals surface area contributed by atoms with Gasteiger partial charge in [0, 0.05) is 0 Å². The summed E-state index contributed by atoms with van der Waals surface area (Å²) < 4.78 is 29.8. The number of halogens is 1. The first-order chi connectivity index (χ1) is 14.4. The Labute approximate surface area is 170 Å². The summed E-state index contributed by atoms with van der Waals surface area (Å²) in [4.78, 5) is 32.1. The highest BCUT2D eigenvalue weighted by Gasteiger charge is 2.32. The third kappa shape index (κ3) is 4.54. The maximum absolute atomic E-state index is 14.0. The molecule has 0 fully saturated rings. The quantitative estimate of drug-likeness (QED) is 0.441. The Balaban J connectivity index is 2.18. The molecule has 2 N–H and O–H groups in total. The fraction of sp³-hybridized carbons (Fsp3) is 0.278. The standard InChI is InChI=1S/C18H18FN5O6/c1-2-28-18(25)23-10-11-5-6-12(19)13(9-11)29-7-3-4-8-30-17-21-15(20)14(24(26)27)16(23)22-17/h3-6,9H,2,7-8,10H2,1H3,(H2,20,21,22)/b4-3+. The first kappa shape index (κ1) is 20.8. The van der Waals surface area contributed by atoms with E-state index in [9.17, 15) is 19.3 Å². The van der Waals surface area contributed by atoms with Crippen LogP contribution in [0, 0.1) is 15.9 Å². The minimum atomic E-state index is -0.913. The van der Waals surface area contributed by atoms with Crippen molar-refractivity contribution in [2.45, 2.75) is 13.5 Å². The molecule has 0 aliphatic carbocycles. The van der Waals surface area contributed by atoms with Crippen LogP contribution in [0.5, 0.6) is 11.8 Å². The zero-order valence-corrected chi connectivity index (χ0v) is 15.9. The van der Waals surface area contributed by atoms with Crippen molar-refractivity contribution in [3.8, 4) is 11.8 Å². The number of nitro groups is 1. The van der Waals surface area contributed by atoms with E-state index in [-0.39, 0.29) is 38.1 Å². The van der Waals surface area contributed by atoms with Crippen molar-refractivity contribution in [2.75, 3.05) is 30.5 Å². The van der Waals surface area contributed by atoms with E-state index < -0.39 is 34.2 Å². The predicted octanol–water partition coefficient (Wildman–Crippen LogP) is 2.60. The Morgan fingerprint density at radius 2 is 2.07 bits per heavy atom. The van der Waals surface area contributed by atoms with Gasteiger partial charge in [0.2, 0.25) is 11.6 Å². The number of rotatable bonds is 2. The number of benzene rings is 1. The van der Waals surface area contributed by atoms with Gasteiger partial charge in [0.25, 0.3) is 0 Å². The van der Waals surface area contributed by atoms with E-state index in [1.54, 1.807) is 19.1 Å². The van der Waals surface area contributed by atoms with Gasteiger partial charge in [-0.1, -0.05) is 6.07 Å². The molecule has 1 aromatic carbocycles. The molecule has 0 saturated carbocycles. The van der Waals surface area contributed by atoms with Gasteiger partial charge in [-0.2, -0.15) is 9.97 Å². The average molecular weight is 419 g/mol. The van der Waals surface area contributed by atoms with E-state index >= 15 is 0 Å². The number of hydrogen-bond acceptors (Lipinski definition) is 9. The van der Waals surface area contributed by atoms with E-state index in [1.165, 1.54) is 18.2 Å². The number of aromatic nitrogens is 2. The van der Waals surface area contributed by atoms with Crippen LogP contribution >= 0.6 is 0 Å². The molecule has 158 valence electrons.